The number of amides is 1. The van der Waals surface area contributed by atoms with Crippen molar-refractivity contribution >= 4 is 15.9 Å². The Balaban J connectivity index is 3.45. The molecular weight excluding hydrogens is 259 g/mol. The molecule has 5 nitrogen and oxygen atoms in total. The number of halogens is 1. The van der Waals surface area contributed by atoms with Gasteiger partial charge in [-0.1, -0.05) is 0 Å². The number of hydrogen-bond acceptors (Lipinski definition) is 3. The smallest absolute Gasteiger partial charge is 0.256 e. The third-order valence-corrected chi connectivity index (χ3v) is 3.50. The highest BCUT2D eigenvalue weighted by Gasteiger charge is 2.21. The fourth-order valence-electron chi connectivity index (χ4n) is 1.41. The summed E-state index contributed by atoms with van der Waals surface area (Å²) in [6.07, 6.45) is 0. The number of sulfonamides is 1. The van der Waals surface area contributed by atoms with Crippen molar-refractivity contribution in [2.24, 2.45) is 5.14 Å². The largest absolute Gasteiger partial charge is 0.342 e. The van der Waals surface area contributed by atoms with Crippen LogP contribution >= 0.6 is 0 Å². The number of carbonyl (C=O) groups is 1. The van der Waals surface area contributed by atoms with Gasteiger partial charge in [-0.15, -0.1) is 0 Å². The lowest BCUT2D eigenvalue weighted by Gasteiger charge is -2.16. The Kier molecular flexibility index (Phi) is 4.08. The summed E-state index contributed by atoms with van der Waals surface area (Å²) >= 11 is 0. The van der Waals surface area contributed by atoms with Gasteiger partial charge in [0.15, 0.2) is 0 Å². The maximum Gasteiger partial charge on any atom is 0.256 e. The lowest BCUT2D eigenvalue weighted by atomic mass is 10.1. The van der Waals surface area contributed by atoms with Crippen molar-refractivity contribution in [3.8, 4) is 0 Å². The van der Waals surface area contributed by atoms with Crippen LogP contribution in [0.2, 0.25) is 0 Å². The minimum atomic E-state index is -3.97. The van der Waals surface area contributed by atoms with Crippen LogP contribution in [0.1, 0.15) is 22.8 Å². The first-order valence-electron chi connectivity index (χ1n) is 5.27. The zero-order valence-electron chi connectivity index (χ0n) is 10.4. The van der Waals surface area contributed by atoms with E-state index >= 15 is 0 Å². The van der Waals surface area contributed by atoms with Crippen molar-refractivity contribution in [2.75, 3.05) is 13.6 Å². The van der Waals surface area contributed by atoms with Crippen molar-refractivity contribution < 1.29 is 17.6 Å². The molecule has 1 aromatic carbocycles. The van der Waals surface area contributed by atoms with Gasteiger partial charge in [0.05, 0.1) is 10.5 Å². The topological polar surface area (TPSA) is 80.5 Å². The van der Waals surface area contributed by atoms with E-state index in [1.54, 1.807) is 6.92 Å². The first-order valence-corrected chi connectivity index (χ1v) is 6.81. The summed E-state index contributed by atoms with van der Waals surface area (Å²) in [7, 11) is -2.47. The second kappa shape index (κ2) is 5.03. The van der Waals surface area contributed by atoms with Gasteiger partial charge in [-0.2, -0.15) is 0 Å². The molecular formula is C11H15FN2O3S. The maximum atomic E-state index is 13.8. The molecule has 0 saturated carbocycles. The summed E-state index contributed by atoms with van der Waals surface area (Å²) in [4.78, 5) is 12.9. The monoisotopic (exact) mass is 274 g/mol. The average molecular weight is 274 g/mol. The van der Waals surface area contributed by atoms with Crippen molar-refractivity contribution in [1.29, 1.82) is 0 Å². The minimum Gasteiger partial charge on any atom is -0.342 e. The Labute approximate surface area is 105 Å². The van der Waals surface area contributed by atoms with Crippen LogP contribution in [0.5, 0.6) is 0 Å². The molecule has 0 heterocycles. The van der Waals surface area contributed by atoms with Crippen LogP contribution in [0.15, 0.2) is 17.0 Å². The number of nitrogens with zero attached hydrogens (tertiary/aromatic N) is 1. The summed E-state index contributed by atoms with van der Waals surface area (Å²) in [6, 6.07) is 2.07. The predicted molar refractivity (Wildman–Crippen MR) is 65.1 cm³/mol. The molecule has 0 bridgehead atoms. The molecule has 100 valence electrons. The number of rotatable bonds is 3. The van der Waals surface area contributed by atoms with E-state index in [1.807, 2.05) is 0 Å². The van der Waals surface area contributed by atoms with Crippen molar-refractivity contribution in [1.82, 2.24) is 4.90 Å². The van der Waals surface area contributed by atoms with Crippen LogP contribution in [-0.2, 0) is 10.0 Å². The fourth-order valence-corrected chi connectivity index (χ4v) is 2.03. The SMILES string of the molecule is CCN(C)C(=O)c1cc(S(N)(=O)=O)cc(C)c1F. The third-order valence-electron chi connectivity index (χ3n) is 2.61. The molecule has 0 atom stereocenters. The molecule has 1 amide bonds. The van der Waals surface area contributed by atoms with Gasteiger partial charge in [-0.25, -0.2) is 17.9 Å². The molecule has 0 aromatic heterocycles. The van der Waals surface area contributed by atoms with Crippen molar-refractivity contribution in [3.05, 3.63) is 29.1 Å². The second-order valence-electron chi connectivity index (χ2n) is 3.97. The van der Waals surface area contributed by atoms with Crippen LogP contribution in [0, 0.1) is 12.7 Å². The highest BCUT2D eigenvalue weighted by molar-refractivity contribution is 7.89. The third kappa shape index (κ3) is 2.85. The summed E-state index contributed by atoms with van der Waals surface area (Å²) in [5.41, 5.74) is -0.224. The number of nitrogens with two attached hydrogens (primary N) is 1. The highest BCUT2D eigenvalue weighted by atomic mass is 32.2. The Bertz CT molecular complexity index is 584. The number of carbonyl (C=O) groups excluding carboxylic acids is 1. The van der Waals surface area contributed by atoms with E-state index in [4.69, 9.17) is 5.14 Å². The van der Waals surface area contributed by atoms with E-state index in [1.165, 1.54) is 18.9 Å². The number of primary sulfonamides is 1. The lowest BCUT2D eigenvalue weighted by Crippen LogP contribution is -2.28. The zero-order valence-corrected chi connectivity index (χ0v) is 11.2. The molecule has 1 aromatic rings. The Hall–Kier alpha value is -1.47. The van der Waals surface area contributed by atoms with Gasteiger partial charge in [0.25, 0.3) is 5.91 Å². The fraction of sp³-hybridized carbons (Fsp3) is 0.364. The Morgan fingerprint density at radius 1 is 1.44 bits per heavy atom. The van der Waals surface area contributed by atoms with Gasteiger partial charge in [0.1, 0.15) is 5.82 Å². The summed E-state index contributed by atoms with van der Waals surface area (Å²) in [5.74, 6) is -1.31. The molecule has 0 aliphatic rings. The molecule has 7 heteroatoms. The Morgan fingerprint density at radius 2 is 2.00 bits per heavy atom. The van der Waals surface area contributed by atoms with Gasteiger partial charge in [-0.05, 0) is 31.5 Å². The van der Waals surface area contributed by atoms with E-state index in [-0.39, 0.29) is 16.0 Å². The molecule has 18 heavy (non-hydrogen) atoms. The van der Waals surface area contributed by atoms with Gasteiger partial charge < -0.3 is 4.90 Å². The van der Waals surface area contributed by atoms with Gasteiger partial charge >= 0.3 is 0 Å². The molecule has 0 radical (unpaired) electrons. The van der Waals surface area contributed by atoms with Crippen LogP contribution in [0.4, 0.5) is 4.39 Å². The zero-order chi connectivity index (χ0) is 14.1. The second-order valence-corrected chi connectivity index (χ2v) is 5.53. The lowest BCUT2D eigenvalue weighted by molar-refractivity contribution is 0.0797. The van der Waals surface area contributed by atoms with Crippen molar-refractivity contribution in [3.63, 3.8) is 0 Å². The predicted octanol–water partition coefficient (Wildman–Crippen LogP) is 0.873. The normalized spacial score (nSPS) is 11.4. The highest BCUT2D eigenvalue weighted by Crippen LogP contribution is 2.19. The molecule has 0 unspecified atom stereocenters. The summed E-state index contributed by atoms with van der Waals surface area (Å²) in [5, 5.41) is 4.98. The molecule has 2 N–H and O–H groups in total. The molecule has 0 spiro atoms. The first kappa shape index (κ1) is 14.6. The summed E-state index contributed by atoms with van der Waals surface area (Å²) < 4.78 is 36.3. The average Bonchev–Trinajstić information content (AvgIpc) is 2.29. The van der Waals surface area contributed by atoms with Crippen LogP contribution < -0.4 is 5.14 Å². The van der Waals surface area contributed by atoms with Gasteiger partial charge in [-0.3, -0.25) is 4.79 Å². The van der Waals surface area contributed by atoms with Crippen LogP contribution in [0.25, 0.3) is 0 Å². The Morgan fingerprint density at radius 3 is 2.44 bits per heavy atom. The number of hydrogen-bond donors (Lipinski definition) is 1. The molecule has 0 aliphatic heterocycles. The van der Waals surface area contributed by atoms with E-state index in [9.17, 15) is 17.6 Å². The number of benzene rings is 1. The van der Waals surface area contributed by atoms with Gasteiger partial charge in [0, 0.05) is 13.6 Å². The quantitative estimate of drug-likeness (QED) is 0.888. The van der Waals surface area contributed by atoms with E-state index in [2.05, 4.69) is 0 Å². The van der Waals surface area contributed by atoms with E-state index in [0.29, 0.717) is 6.54 Å². The molecule has 1 rings (SSSR count). The molecule has 0 fully saturated rings. The molecule has 0 saturated heterocycles. The first-order chi connectivity index (χ1) is 8.18. The van der Waals surface area contributed by atoms with E-state index in [0.717, 1.165) is 12.1 Å². The maximum absolute atomic E-state index is 13.8. The van der Waals surface area contributed by atoms with Gasteiger partial charge in [0.2, 0.25) is 10.0 Å². The van der Waals surface area contributed by atoms with Crippen molar-refractivity contribution in [2.45, 2.75) is 18.7 Å². The van der Waals surface area contributed by atoms with E-state index < -0.39 is 21.7 Å². The number of aryl methyl sites for hydroxylation is 1. The van der Waals surface area contributed by atoms with Crippen LogP contribution in [0.3, 0.4) is 0 Å². The minimum absolute atomic E-state index is 0.0642. The molecule has 0 aliphatic carbocycles. The standard InChI is InChI=1S/C11H15FN2O3S/c1-4-14(3)11(15)9-6-8(18(13,16)17)5-7(2)10(9)12/h5-6H,4H2,1-3H3,(H2,13,16,17). The van der Waals surface area contributed by atoms with Crippen LogP contribution in [-0.4, -0.2) is 32.8 Å². The summed E-state index contributed by atoms with van der Waals surface area (Å²) in [6.45, 7) is 3.50.